The minimum absolute atomic E-state index is 0.0708. The van der Waals surface area contributed by atoms with Crippen LogP contribution in [0.5, 0.6) is 5.75 Å². The maximum absolute atomic E-state index is 12.7. The number of rotatable bonds is 9. The molecule has 0 spiro atoms. The number of carbonyl (C=O) groups is 2. The molecule has 29 heavy (non-hydrogen) atoms. The number of piperidine rings is 1. The van der Waals surface area contributed by atoms with E-state index < -0.39 is 5.41 Å². The first-order chi connectivity index (χ1) is 14.0. The van der Waals surface area contributed by atoms with Crippen molar-refractivity contribution in [2.24, 2.45) is 11.1 Å². The molecule has 2 N–H and O–H groups in total. The SMILES string of the molecule is NC(=O)C[C@]1(COc2cccc(Cl)c2)CCCN(C(=O)CCCn2cncn2)C1. The monoisotopic (exact) mass is 419 g/mol. The Morgan fingerprint density at radius 1 is 1.34 bits per heavy atom. The van der Waals surface area contributed by atoms with E-state index in [0.29, 0.717) is 49.9 Å². The van der Waals surface area contributed by atoms with Gasteiger partial charge in [-0.15, -0.1) is 0 Å². The molecule has 0 aliphatic carbocycles. The Kier molecular flexibility index (Phi) is 7.09. The highest BCUT2D eigenvalue weighted by molar-refractivity contribution is 6.30. The van der Waals surface area contributed by atoms with E-state index in [2.05, 4.69) is 10.1 Å². The third-order valence-corrected chi connectivity index (χ3v) is 5.38. The van der Waals surface area contributed by atoms with Crippen molar-refractivity contribution in [1.82, 2.24) is 19.7 Å². The maximum atomic E-state index is 12.7. The van der Waals surface area contributed by atoms with Crippen molar-refractivity contribution < 1.29 is 14.3 Å². The molecule has 8 nitrogen and oxygen atoms in total. The molecule has 9 heteroatoms. The lowest BCUT2D eigenvalue weighted by molar-refractivity contribution is -0.137. The maximum Gasteiger partial charge on any atom is 0.222 e. The Bertz CT molecular complexity index is 829. The van der Waals surface area contributed by atoms with E-state index in [9.17, 15) is 9.59 Å². The lowest BCUT2D eigenvalue weighted by Gasteiger charge is -2.42. The first-order valence-electron chi connectivity index (χ1n) is 9.73. The van der Waals surface area contributed by atoms with Crippen LogP contribution >= 0.6 is 11.6 Å². The smallest absolute Gasteiger partial charge is 0.222 e. The number of hydrogen-bond acceptors (Lipinski definition) is 5. The Morgan fingerprint density at radius 2 is 2.21 bits per heavy atom. The van der Waals surface area contributed by atoms with E-state index in [1.54, 1.807) is 23.1 Å². The number of aromatic nitrogens is 3. The van der Waals surface area contributed by atoms with E-state index in [-0.39, 0.29) is 18.2 Å². The molecule has 0 bridgehead atoms. The second kappa shape index (κ2) is 9.73. The van der Waals surface area contributed by atoms with Crippen molar-refractivity contribution in [1.29, 1.82) is 0 Å². The molecule has 1 aliphatic rings. The molecule has 2 aromatic rings. The standard InChI is InChI=1S/C20H26ClN5O3/c21-16-4-1-5-17(10-16)29-13-20(11-18(22)27)7-3-8-25(12-20)19(28)6-2-9-26-15-23-14-24-26/h1,4-5,10,14-15H,2-3,6-9,11-13H2,(H2,22,27)/t20-/m1/s1. The molecule has 0 radical (unpaired) electrons. The van der Waals surface area contributed by atoms with Crippen molar-refractivity contribution in [2.75, 3.05) is 19.7 Å². The molecular formula is C20H26ClN5O3. The minimum atomic E-state index is -0.492. The topological polar surface area (TPSA) is 103 Å². The predicted molar refractivity (Wildman–Crippen MR) is 108 cm³/mol. The van der Waals surface area contributed by atoms with Gasteiger partial charge in [0.05, 0.1) is 6.61 Å². The zero-order valence-electron chi connectivity index (χ0n) is 16.3. The van der Waals surface area contributed by atoms with Crippen LogP contribution in [0.3, 0.4) is 0 Å². The number of benzene rings is 1. The van der Waals surface area contributed by atoms with Gasteiger partial charge in [0.25, 0.3) is 0 Å². The number of ether oxygens (including phenoxy) is 1. The second-order valence-corrected chi connectivity index (χ2v) is 8.01. The van der Waals surface area contributed by atoms with Crippen molar-refractivity contribution in [2.45, 2.75) is 38.6 Å². The Morgan fingerprint density at radius 3 is 2.93 bits per heavy atom. The summed E-state index contributed by atoms with van der Waals surface area (Å²) in [5.41, 5.74) is 5.03. The fourth-order valence-electron chi connectivity index (χ4n) is 3.80. The fraction of sp³-hybridized carbons (Fsp3) is 0.500. The second-order valence-electron chi connectivity index (χ2n) is 7.57. The molecule has 1 atom stereocenters. The molecule has 3 rings (SSSR count). The van der Waals surface area contributed by atoms with Crippen LogP contribution in [-0.2, 0) is 16.1 Å². The molecule has 0 unspecified atom stereocenters. The average Bonchev–Trinajstić information content (AvgIpc) is 3.20. The van der Waals surface area contributed by atoms with Crippen molar-refractivity contribution >= 4 is 23.4 Å². The number of primary amides is 1. The summed E-state index contributed by atoms with van der Waals surface area (Å²) < 4.78 is 7.65. The van der Waals surface area contributed by atoms with Crippen LogP contribution < -0.4 is 10.5 Å². The molecule has 156 valence electrons. The minimum Gasteiger partial charge on any atom is -0.493 e. The normalized spacial score (nSPS) is 19.1. The van der Waals surface area contributed by atoms with E-state index >= 15 is 0 Å². The van der Waals surface area contributed by atoms with Crippen LogP contribution in [0.1, 0.15) is 32.1 Å². The molecule has 2 heterocycles. The fourth-order valence-corrected chi connectivity index (χ4v) is 3.98. The number of carbonyl (C=O) groups excluding carboxylic acids is 2. The zero-order chi connectivity index (χ0) is 20.7. The van der Waals surface area contributed by atoms with Crippen LogP contribution in [0.2, 0.25) is 5.02 Å². The Balaban J connectivity index is 1.60. The molecular weight excluding hydrogens is 394 g/mol. The van der Waals surface area contributed by atoms with Gasteiger partial charge in [-0.2, -0.15) is 5.10 Å². The van der Waals surface area contributed by atoms with Crippen molar-refractivity contribution in [3.8, 4) is 5.75 Å². The summed E-state index contributed by atoms with van der Waals surface area (Å²) in [4.78, 5) is 30.2. The average molecular weight is 420 g/mol. The van der Waals surface area contributed by atoms with Gasteiger partial charge in [-0.3, -0.25) is 14.3 Å². The highest BCUT2D eigenvalue weighted by Gasteiger charge is 2.39. The van der Waals surface area contributed by atoms with E-state index in [4.69, 9.17) is 22.1 Å². The first-order valence-corrected chi connectivity index (χ1v) is 10.1. The summed E-state index contributed by atoms with van der Waals surface area (Å²) in [7, 11) is 0. The third kappa shape index (κ3) is 6.19. The largest absolute Gasteiger partial charge is 0.493 e. The summed E-state index contributed by atoms with van der Waals surface area (Å²) in [5, 5.41) is 4.63. The Hall–Kier alpha value is -2.61. The van der Waals surface area contributed by atoms with E-state index in [1.165, 1.54) is 6.33 Å². The van der Waals surface area contributed by atoms with Crippen LogP contribution in [0.25, 0.3) is 0 Å². The number of amides is 2. The molecule has 2 amide bonds. The molecule has 1 aromatic heterocycles. The molecule has 1 saturated heterocycles. The van der Waals surface area contributed by atoms with Gasteiger partial charge in [-0.05, 0) is 37.5 Å². The first kappa shape index (κ1) is 21.1. The van der Waals surface area contributed by atoms with Gasteiger partial charge in [-0.25, -0.2) is 4.98 Å². The summed E-state index contributed by atoms with van der Waals surface area (Å²) in [5.74, 6) is 0.319. The molecule has 1 aromatic carbocycles. The molecule has 0 saturated carbocycles. The number of aryl methyl sites for hydroxylation is 1. The number of nitrogens with zero attached hydrogens (tertiary/aromatic N) is 4. The highest BCUT2D eigenvalue weighted by Crippen LogP contribution is 2.35. The van der Waals surface area contributed by atoms with Crippen LogP contribution in [-0.4, -0.2) is 51.2 Å². The van der Waals surface area contributed by atoms with Gasteiger partial charge in [0.1, 0.15) is 18.4 Å². The summed E-state index contributed by atoms with van der Waals surface area (Å²) in [6, 6.07) is 7.13. The van der Waals surface area contributed by atoms with Gasteiger partial charge in [-0.1, -0.05) is 17.7 Å². The summed E-state index contributed by atoms with van der Waals surface area (Å²) in [6.07, 6.45) is 5.97. The molecule has 1 fully saturated rings. The molecule has 1 aliphatic heterocycles. The van der Waals surface area contributed by atoms with E-state index in [1.807, 2.05) is 17.0 Å². The van der Waals surface area contributed by atoms with Crippen molar-refractivity contribution in [3.05, 3.63) is 41.9 Å². The number of likely N-dealkylation sites (tertiary alicyclic amines) is 1. The quantitative estimate of drug-likeness (QED) is 0.671. The Labute approximate surface area is 175 Å². The van der Waals surface area contributed by atoms with Gasteiger partial charge < -0.3 is 15.4 Å². The summed E-state index contributed by atoms with van der Waals surface area (Å²) >= 11 is 6.02. The lowest BCUT2D eigenvalue weighted by atomic mass is 9.77. The van der Waals surface area contributed by atoms with Crippen LogP contribution in [0.4, 0.5) is 0 Å². The summed E-state index contributed by atoms with van der Waals surface area (Å²) in [6.45, 7) is 2.08. The van der Waals surface area contributed by atoms with Crippen molar-refractivity contribution in [3.63, 3.8) is 0 Å². The third-order valence-electron chi connectivity index (χ3n) is 5.15. The van der Waals surface area contributed by atoms with Gasteiger partial charge in [0.2, 0.25) is 11.8 Å². The number of hydrogen-bond donors (Lipinski definition) is 1. The number of halogens is 1. The van der Waals surface area contributed by atoms with Gasteiger partial charge in [0.15, 0.2) is 0 Å². The van der Waals surface area contributed by atoms with Crippen LogP contribution in [0.15, 0.2) is 36.9 Å². The predicted octanol–water partition coefficient (Wildman–Crippen LogP) is 2.27. The highest BCUT2D eigenvalue weighted by atomic mass is 35.5. The van der Waals surface area contributed by atoms with E-state index in [0.717, 1.165) is 12.8 Å². The zero-order valence-corrected chi connectivity index (χ0v) is 17.1. The lowest BCUT2D eigenvalue weighted by Crippen LogP contribution is -2.50. The number of nitrogens with two attached hydrogens (primary N) is 1. The van der Waals surface area contributed by atoms with Crippen LogP contribution in [0, 0.1) is 5.41 Å². The van der Waals surface area contributed by atoms with Gasteiger partial charge >= 0.3 is 0 Å². The van der Waals surface area contributed by atoms with Gasteiger partial charge in [0, 0.05) is 42.9 Å².